The summed E-state index contributed by atoms with van der Waals surface area (Å²) in [6, 6.07) is 5.90. The Morgan fingerprint density at radius 1 is 1.16 bits per heavy atom. The lowest BCUT2D eigenvalue weighted by atomic mass is 10.1. The van der Waals surface area contributed by atoms with Gasteiger partial charge in [0.05, 0.1) is 12.6 Å². The van der Waals surface area contributed by atoms with Crippen LogP contribution < -0.4 is 10.1 Å². The predicted molar refractivity (Wildman–Crippen MR) is 85.7 cm³/mol. The van der Waals surface area contributed by atoms with Crippen LogP contribution in [0, 0.1) is 31.3 Å². The summed E-state index contributed by atoms with van der Waals surface area (Å²) >= 11 is 0. The van der Waals surface area contributed by atoms with Crippen LogP contribution in [0.1, 0.15) is 22.7 Å². The minimum atomic E-state index is -1.61. The minimum Gasteiger partial charge on any atom is -0.483 e. The summed E-state index contributed by atoms with van der Waals surface area (Å²) in [6.07, 6.45) is 0. The van der Waals surface area contributed by atoms with Crippen molar-refractivity contribution in [3.8, 4) is 5.75 Å². The first-order chi connectivity index (χ1) is 11.8. The zero-order chi connectivity index (χ0) is 18.6. The second-order valence-electron chi connectivity index (χ2n) is 5.61. The van der Waals surface area contributed by atoms with Gasteiger partial charge in [-0.3, -0.25) is 4.79 Å². The van der Waals surface area contributed by atoms with Crippen molar-refractivity contribution in [1.29, 1.82) is 0 Å². The van der Waals surface area contributed by atoms with E-state index in [1.807, 2.05) is 32.0 Å². The van der Waals surface area contributed by atoms with Crippen LogP contribution in [0.2, 0.25) is 0 Å². The molecule has 1 atom stereocenters. The number of aryl methyl sites for hydroxylation is 2. The van der Waals surface area contributed by atoms with Gasteiger partial charge in [0.15, 0.2) is 24.1 Å². The van der Waals surface area contributed by atoms with E-state index < -0.39 is 36.0 Å². The number of rotatable bonds is 6. The molecule has 0 heterocycles. The molecule has 0 aliphatic rings. The summed E-state index contributed by atoms with van der Waals surface area (Å²) in [7, 11) is 0. The van der Waals surface area contributed by atoms with Gasteiger partial charge in [0, 0.05) is 0 Å². The summed E-state index contributed by atoms with van der Waals surface area (Å²) in [6.45, 7) is 2.72. The zero-order valence-electron chi connectivity index (χ0n) is 13.8. The number of hydrogen-bond donors (Lipinski definition) is 2. The van der Waals surface area contributed by atoms with Crippen LogP contribution >= 0.6 is 0 Å². The van der Waals surface area contributed by atoms with Crippen molar-refractivity contribution in [1.82, 2.24) is 5.32 Å². The standard InChI is InChI=1S/C18H18F3NO3/c1-10-4-3-5-11(2)18(10)25-9-16(24)22-15(8-23)12-6-13(19)17(21)14(20)7-12/h3-7,15,23H,8-9H2,1-2H3,(H,22,24). The lowest BCUT2D eigenvalue weighted by Crippen LogP contribution is -2.34. The van der Waals surface area contributed by atoms with Crippen LogP contribution in [0.25, 0.3) is 0 Å². The number of halogens is 3. The molecule has 0 saturated heterocycles. The Morgan fingerprint density at radius 2 is 1.72 bits per heavy atom. The normalized spacial score (nSPS) is 11.9. The fourth-order valence-corrected chi connectivity index (χ4v) is 2.41. The van der Waals surface area contributed by atoms with E-state index >= 15 is 0 Å². The minimum absolute atomic E-state index is 0.0840. The maximum Gasteiger partial charge on any atom is 0.258 e. The van der Waals surface area contributed by atoms with E-state index in [9.17, 15) is 23.1 Å². The van der Waals surface area contributed by atoms with E-state index in [4.69, 9.17) is 4.74 Å². The molecule has 2 aromatic carbocycles. The third kappa shape index (κ3) is 4.51. The van der Waals surface area contributed by atoms with Gasteiger partial charge >= 0.3 is 0 Å². The van der Waals surface area contributed by atoms with Crippen molar-refractivity contribution in [3.05, 3.63) is 64.5 Å². The number of para-hydroxylation sites is 1. The molecule has 0 spiro atoms. The Morgan fingerprint density at radius 3 is 2.24 bits per heavy atom. The second kappa shape index (κ2) is 8.02. The van der Waals surface area contributed by atoms with E-state index in [0.29, 0.717) is 5.75 Å². The number of benzene rings is 2. The van der Waals surface area contributed by atoms with Crippen molar-refractivity contribution in [2.24, 2.45) is 0 Å². The molecule has 1 unspecified atom stereocenters. The third-order valence-corrected chi connectivity index (χ3v) is 3.68. The van der Waals surface area contributed by atoms with E-state index in [2.05, 4.69) is 5.32 Å². The van der Waals surface area contributed by atoms with E-state index in [1.165, 1.54) is 0 Å². The Labute approximate surface area is 143 Å². The highest BCUT2D eigenvalue weighted by molar-refractivity contribution is 5.78. The SMILES string of the molecule is Cc1cccc(C)c1OCC(=O)NC(CO)c1cc(F)c(F)c(F)c1. The fraction of sp³-hybridized carbons (Fsp3) is 0.278. The highest BCUT2D eigenvalue weighted by atomic mass is 19.2. The van der Waals surface area contributed by atoms with Crippen LogP contribution in [0.4, 0.5) is 13.2 Å². The van der Waals surface area contributed by atoms with E-state index in [-0.39, 0.29) is 12.2 Å². The van der Waals surface area contributed by atoms with Crippen LogP contribution in [0.15, 0.2) is 30.3 Å². The molecule has 25 heavy (non-hydrogen) atoms. The molecule has 0 aliphatic heterocycles. The number of ether oxygens (including phenoxy) is 1. The Kier molecular flexibility index (Phi) is 6.03. The number of carbonyl (C=O) groups excluding carboxylic acids is 1. The number of aliphatic hydroxyl groups is 1. The van der Waals surface area contributed by atoms with Crippen molar-refractivity contribution in [2.75, 3.05) is 13.2 Å². The van der Waals surface area contributed by atoms with Gasteiger partial charge in [-0.15, -0.1) is 0 Å². The summed E-state index contributed by atoms with van der Waals surface area (Å²) in [5.41, 5.74) is 1.63. The first-order valence-corrected chi connectivity index (χ1v) is 7.57. The Balaban J connectivity index is 2.05. The van der Waals surface area contributed by atoms with Crippen LogP contribution in [-0.4, -0.2) is 24.2 Å². The third-order valence-electron chi connectivity index (χ3n) is 3.68. The molecular weight excluding hydrogens is 335 g/mol. The lowest BCUT2D eigenvalue weighted by molar-refractivity contribution is -0.124. The second-order valence-corrected chi connectivity index (χ2v) is 5.61. The maximum absolute atomic E-state index is 13.3. The van der Waals surface area contributed by atoms with Gasteiger partial charge in [-0.1, -0.05) is 18.2 Å². The molecule has 2 N–H and O–H groups in total. The molecule has 0 fully saturated rings. The summed E-state index contributed by atoms with van der Waals surface area (Å²) in [4.78, 5) is 12.0. The van der Waals surface area contributed by atoms with Crippen LogP contribution in [0.3, 0.4) is 0 Å². The molecule has 0 aromatic heterocycles. The smallest absolute Gasteiger partial charge is 0.258 e. The molecule has 0 aliphatic carbocycles. The largest absolute Gasteiger partial charge is 0.483 e. The van der Waals surface area contributed by atoms with Gasteiger partial charge in [-0.2, -0.15) is 0 Å². The molecule has 1 amide bonds. The fourth-order valence-electron chi connectivity index (χ4n) is 2.41. The van der Waals surface area contributed by atoms with Crippen LogP contribution in [-0.2, 0) is 4.79 Å². The Bertz CT molecular complexity index is 737. The quantitative estimate of drug-likeness (QED) is 0.785. The molecule has 7 heteroatoms. The molecule has 0 radical (unpaired) electrons. The van der Waals surface area contributed by atoms with Crippen molar-refractivity contribution in [3.63, 3.8) is 0 Å². The van der Waals surface area contributed by atoms with Gasteiger partial charge in [0.2, 0.25) is 0 Å². The summed E-state index contributed by atoms with van der Waals surface area (Å²) in [5.74, 6) is -4.42. The number of nitrogens with one attached hydrogen (secondary N) is 1. The molecule has 4 nitrogen and oxygen atoms in total. The molecule has 0 bridgehead atoms. The summed E-state index contributed by atoms with van der Waals surface area (Å²) in [5, 5.41) is 11.8. The molecule has 134 valence electrons. The first-order valence-electron chi connectivity index (χ1n) is 7.57. The zero-order valence-corrected chi connectivity index (χ0v) is 13.8. The van der Waals surface area contributed by atoms with Crippen LogP contribution in [0.5, 0.6) is 5.75 Å². The first kappa shape index (κ1) is 18.8. The molecule has 2 aromatic rings. The predicted octanol–water partition coefficient (Wildman–Crippen LogP) is 2.95. The molecule has 0 saturated carbocycles. The number of hydrogen-bond acceptors (Lipinski definition) is 3. The topological polar surface area (TPSA) is 58.6 Å². The highest BCUT2D eigenvalue weighted by Gasteiger charge is 2.19. The van der Waals surface area contributed by atoms with Gasteiger partial charge in [-0.25, -0.2) is 13.2 Å². The van der Waals surface area contributed by atoms with Gasteiger partial charge in [-0.05, 0) is 42.7 Å². The number of aliphatic hydroxyl groups excluding tert-OH is 1. The van der Waals surface area contributed by atoms with Crippen molar-refractivity contribution < 1.29 is 27.8 Å². The average Bonchev–Trinajstić information content (AvgIpc) is 2.56. The maximum atomic E-state index is 13.3. The molecular formula is C18H18F3NO3. The Hall–Kier alpha value is -2.54. The van der Waals surface area contributed by atoms with Gasteiger partial charge in [0.1, 0.15) is 5.75 Å². The number of amides is 1. The van der Waals surface area contributed by atoms with Crippen molar-refractivity contribution in [2.45, 2.75) is 19.9 Å². The van der Waals surface area contributed by atoms with E-state index in [0.717, 1.165) is 23.3 Å². The highest BCUT2D eigenvalue weighted by Crippen LogP contribution is 2.22. The molecule has 2 rings (SSSR count). The van der Waals surface area contributed by atoms with Crippen molar-refractivity contribution >= 4 is 5.91 Å². The number of carbonyl (C=O) groups is 1. The lowest BCUT2D eigenvalue weighted by Gasteiger charge is -2.18. The summed E-state index contributed by atoms with van der Waals surface area (Å²) < 4.78 is 45.1. The van der Waals surface area contributed by atoms with Gasteiger partial charge in [0.25, 0.3) is 5.91 Å². The van der Waals surface area contributed by atoms with Gasteiger partial charge < -0.3 is 15.2 Å². The average molecular weight is 353 g/mol. The van der Waals surface area contributed by atoms with E-state index in [1.54, 1.807) is 0 Å². The monoisotopic (exact) mass is 353 g/mol.